The minimum Gasteiger partial charge on any atom is -0.311 e. The smallest absolute Gasteiger partial charge is 0.0674 e. The van der Waals surface area contributed by atoms with Crippen LogP contribution in [0.3, 0.4) is 0 Å². The van der Waals surface area contributed by atoms with Gasteiger partial charge in [-0.1, -0.05) is 30.3 Å². The molecule has 19 heavy (non-hydrogen) atoms. The van der Waals surface area contributed by atoms with Gasteiger partial charge in [-0.25, -0.2) is 0 Å². The molecule has 0 radical (unpaired) electrons. The van der Waals surface area contributed by atoms with Gasteiger partial charge in [-0.05, 0) is 22.6 Å². The summed E-state index contributed by atoms with van der Waals surface area (Å²) in [7, 11) is 0. The Morgan fingerprint density at radius 2 is 1.84 bits per heavy atom. The molecule has 1 unspecified atom stereocenters. The van der Waals surface area contributed by atoms with Gasteiger partial charge in [-0.3, -0.25) is 0 Å². The molecule has 0 saturated carbocycles. The molecular weight excluding hydrogens is 299 g/mol. The van der Waals surface area contributed by atoms with Crippen LogP contribution in [0.25, 0.3) is 0 Å². The number of hydrogen-bond acceptors (Lipinski definition) is 3. The molecule has 1 aliphatic heterocycles. The van der Waals surface area contributed by atoms with Crippen molar-refractivity contribution < 1.29 is 0 Å². The van der Waals surface area contributed by atoms with Gasteiger partial charge in [0, 0.05) is 24.5 Å². The molecule has 104 valence electrons. The summed E-state index contributed by atoms with van der Waals surface area (Å²) in [6.45, 7) is 3.01. The van der Waals surface area contributed by atoms with Crippen molar-refractivity contribution in [2.24, 2.45) is 0 Å². The molecule has 1 aromatic carbocycles. The minimum atomic E-state index is 0. The van der Waals surface area contributed by atoms with Crippen molar-refractivity contribution in [1.29, 1.82) is 0 Å². The van der Waals surface area contributed by atoms with E-state index in [1.165, 1.54) is 16.0 Å². The lowest BCUT2D eigenvalue weighted by Crippen LogP contribution is -2.34. The molecule has 1 aromatic heterocycles. The molecule has 2 nitrogen and oxygen atoms in total. The molecule has 0 saturated heterocycles. The molecule has 2 heterocycles. The van der Waals surface area contributed by atoms with Crippen LogP contribution < -0.4 is 10.6 Å². The number of nitrogens with one attached hydrogen (secondary N) is 2. The van der Waals surface area contributed by atoms with Gasteiger partial charge in [0.05, 0.1) is 6.04 Å². The molecule has 0 bridgehead atoms. The normalized spacial score (nSPS) is 18.2. The lowest BCUT2D eigenvalue weighted by Gasteiger charge is -2.24. The van der Waals surface area contributed by atoms with E-state index >= 15 is 0 Å². The summed E-state index contributed by atoms with van der Waals surface area (Å²) >= 11 is 1.83. The standard InChI is InChI=1S/C14H16N2S.2ClH/c1-2-5-12-11(4-1)10-15-7-8-16-14(12)13-6-3-9-17-13;;/h1-6,9,14-16H,7-8,10H2;2*1H. The molecule has 0 fully saturated rings. The number of halogens is 2. The Hall–Kier alpha value is -0.580. The fourth-order valence-electron chi connectivity index (χ4n) is 2.32. The van der Waals surface area contributed by atoms with Crippen LogP contribution in [0.4, 0.5) is 0 Å². The van der Waals surface area contributed by atoms with Gasteiger partial charge in [-0.15, -0.1) is 36.2 Å². The van der Waals surface area contributed by atoms with E-state index in [9.17, 15) is 0 Å². The highest BCUT2D eigenvalue weighted by Gasteiger charge is 2.18. The number of thiophene rings is 1. The van der Waals surface area contributed by atoms with Crippen LogP contribution in [0.2, 0.25) is 0 Å². The van der Waals surface area contributed by atoms with E-state index in [1.807, 2.05) is 11.3 Å². The van der Waals surface area contributed by atoms with Crippen LogP contribution in [0.15, 0.2) is 41.8 Å². The summed E-state index contributed by atoms with van der Waals surface area (Å²) in [6, 6.07) is 13.4. The lowest BCUT2D eigenvalue weighted by molar-refractivity contribution is 0.543. The third-order valence-corrected chi connectivity index (χ3v) is 4.10. The van der Waals surface area contributed by atoms with Crippen LogP contribution in [0.5, 0.6) is 0 Å². The van der Waals surface area contributed by atoms with E-state index in [0.29, 0.717) is 6.04 Å². The lowest BCUT2D eigenvalue weighted by atomic mass is 9.98. The number of benzene rings is 1. The van der Waals surface area contributed by atoms with Gasteiger partial charge < -0.3 is 10.6 Å². The molecule has 1 aliphatic rings. The SMILES string of the molecule is Cl.Cl.c1csc(C2NCCNCc3ccccc32)c1. The van der Waals surface area contributed by atoms with Crippen LogP contribution in [0.1, 0.15) is 22.0 Å². The summed E-state index contributed by atoms with van der Waals surface area (Å²) in [5.41, 5.74) is 2.81. The molecular formula is C14H18Cl2N2S. The van der Waals surface area contributed by atoms with Crippen LogP contribution in [-0.2, 0) is 6.54 Å². The molecule has 2 N–H and O–H groups in total. The predicted molar refractivity (Wildman–Crippen MR) is 86.8 cm³/mol. The quantitative estimate of drug-likeness (QED) is 0.843. The van der Waals surface area contributed by atoms with Crippen molar-refractivity contribution in [3.8, 4) is 0 Å². The van der Waals surface area contributed by atoms with Gasteiger partial charge >= 0.3 is 0 Å². The molecule has 0 amide bonds. The van der Waals surface area contributed by atoms with E-state index in [0.717, 1.165) is 19.6 Å². The van der Waals surface area contributed by atoms with Crippen LogP contribution in [-0.4, -0.2) is 13.1 Å². The molecule has 2 aromatic rings. The Balaban J connectivity index is 0.000000902. The first kappa shape index (κ1) is 16.5. The second-order valence-electron chi connectivity index (χ2n) is 4.28. The Kier molecular flexibility index (Phi) is 6.83. The Bertz CT molecular complexity index is 488. The van der Waals surface area contributed by atoms with Crippen molar-refractivity contribution in [3.05, 3.63) is 57.8 Å². The van der Waals surface area contributed by atoms with E-state index < -0.39 is 0 Å². The summed E-state index contributed by atoms with van der Waals surface area (Å²) in [6.07, 6.45) is 0. The van der Waals surface area contributed by atoms with Gasteiger partial charge in [0.15, 0.2) is 0 Å². The first-order chi connectivity index (χ1) is 8.45. The summed E-state index contributed by atoms with van der Waals surface area (Å²) in [4.78, 5) is 1.40. The predicted octanol–water partition coefficient (Wildman–Crippen LogP) is 3.37. The Morgan fingerprint density at radius 1 is 1.00 bits per heavy atom. The third kappa shape index (κ3) is 3.71. The molecule has 0 aliphatic carbocycles. The van der Waals surface area contributed by atoms with Crippen LogP contribution in [0, 0.1) is 0 Å². The molecule has 0 spiro atoms. The second kappa shape index (κ2) is 7.88. The minimum absolute atomic E-state index is 0. The van der Waals surface area contributed by atoms with E-state index in [1.54, 1.807) is 0 Å². The molecule has 3 rings (SSSR count). The van der Waals surface area contributed by atoms with Gasteiger partial charge in [0.1, 0.15) is 0 Å². The maximum atomic E-state index is 3.63. The molecule has 5 heteroatoms. The first-order valence-corrected chi connectivity index (χ1v) is 6.88. The van der Waals surface area contributed by atoms with Crippen molar-refractivity contribution >= 4 is 36.2 Å². The maximum Gasteiger partial charge on any atom is 0.0674 e. The summed E-state index contributed by atoms with van der Waals surface area (Å²) in [5.74, 6) is 0. The number of rotatable bonds is 1. The zero-order valence-corrected chi connectivity index (χ0v) is 12.9. The number of fused-ring (bicyclic) bond motifs is 1. The van der Waals surface area contributed by atoms with Crippen molar-refractivity contribution in [3.63, 3.8) is 0 Å². The van der Waals surface area contributed by atoms with Crippen molar-refractivity contribution in [2.45, 2.75) is 12.6 Å². The monoisotopic (exact) mass is 316 g/mol. The average molecular weight is 317 g/mol. The largest absolute Gasteiger partial charge is 0.311 e. The number of hydrogen-bond donors (Lipinski definition) is 2. The van der Waals surface area contributed by atoms with Gasteiger partial charge in [0.2, 0.25) is 0 Å². The van der Waals surface area contributed by atoms with Gasteiger partial charge in [-0.2, -0.15) is 0 Å². The zero-order chi connectivity index (χ0) is 11.5. The zero-order valence-electron chi connectivity index (χ0n) is 10.5. The Morgan fingerprint density at radius 3 is 2.63 bits per heavy atom. The highest BCUT2D eigenvalue weighted by Crippen LogP contribution is 2.28. The average Bonchev–Trinajstić information content (AvgIpc) is 2.84. The highest BCUT2D eigenvalue weighted by atomic mass is 35.5. The van der Waals surface area contributed by atoms with E-state index in [4.69, 9.17) is 0 Å². The topological polar surface area (TPSA) is 24.1 Å². The maximum absolute atomic E-state index is 3.63. The summed E-state index contributed by atoms with van der Waals surface area (Å²) in [5, 5.41) is 9.23. The molecule has 1 atom stereocenters. The fraction of sp³-hybridized carbons (Fsp3) is 0.286. The fourth-order valence-corrected chi connectivity index (χ4v) is 3.14. The van der Waals surface area contributed by atoms with Gasteiger partial charge in [0.25, 0.3) is 0 Å². The third-order valence-electron chi connectivity index (χ3n) is 3.16. The Labute approximate surface area is 130 Å². The van der Waals surface area contributed by atoms with Crippen molar-refractivity contribution in [1.82, 2.24) is 10.6 Å². The van der Waals surface area contributed by atoms with E-state index in [-0.39, 0.29) is 24.8 Å². The first-order valence-electron chi connectivity index (χ1n) is 6.00. The highest BCUT2D eigenvalue weighted by molar-refractivity contribution is 7.10. The van der Waals surface area contributed by atoms with Crippen LogP contribution >= 0.6 is 36.2 Å². The van der Waals surface area contributed by atoms with E-state index in [2.05, 4.69) is 52.4 Å². The summed E-state index contributed by atoms with van der Waals surface area (Å²) < 4.78 is 0. The van der Waals surface area contributed by atoms with Crippen molar-refractivity contribution in [2.75, 3.05) is 13.1 Å². The second-order valence-corrected chi connectivity index (χ2v) is 5.26.